The number of carbonyl (C=O) groups is 3. The number of hydrogen-bond donors (Lipinski definition) is 5. The summed E-state index contributed by atoms with van der Waals surface area (Å²) in [5.41, 5.74) is 0. The maximum atomic E-state index is 11.5. The number of rotatable bonds is 11. The second kappa shape index (κ2) is 9.68. The Bertz CT molecular complexity index is 354. The molecule has 108 valence electrons. The first kappa shape index (κ1) is 17.8. The molecule has 0 aromatic rings. The van der Waals surface area contributed by atoms with E-state index in [1.165, 1.54) is 0 Å². The van der Waals surface area contributed by atoms with Gasteiger partial charge in [-0.15, -0.1) is 0 Å². The third-order valence-corrected chi connectivity index (χ3v) is 3.27. The van der Waals surface area contributed by atoms with Gasteiger partial charge in [0.1, 0.15) is 0 Å². The first-order valence-corrected chi connectivity index (χ1v) is 6.94. The molecule has 0 aliphatic carbocycles. The van der Waals surface area contributed by atoms with Gasteiger partial charge in [-0.25, -0.2) is 0 Å². The van der Waals surface area contributed by atoms with E-state index in [1.54, 1.807) is 0 Å². The van der Waals surface area contributed by atoms with Gasteiger partial charge < -0.3 is 14.9 Å². The molecular formula is C8H14N2O7PS+. The van der Waals surface area contributed by atoms with Gasteiger partial charge in [0.15, 0.2) is 6.04 Å². The molecule has 0 spiro atoms. The number of carboxylic acids is 2. The number of ether oxygens (including phenoxy) is 1. The van der Waals surface area contributed by atoms with E-state index in [-0.39, 0.29) is 25.1 Å². The smallest absolute Gasteiger partial charge is 0.481 e. The van der Waals surface area contributed by atoms with E-state index in [0.29, 0.717) is 0 Å². The van der Waals surface area contributed by atoms with E-state index in [1.807, 2.05) is 0 Å². The summed E-state index contributed by atoms with van der Waals surface area (Å²) >= 11 is 3.83. The molecule has 4 N–H and O–H groups in total. The van der Waals surface area contributed by atoms with Gasteiger partial charge >= 0.3 is 20.0 Å². The molecule has 0 saturated heterocycles. The summed E-state index contributed by atoms with van der Waals surface area (Å²) in [5.74, 6) is -2.45. The normalized spacial score (nSPS) is 14.3. The molecule has 0 aromatic heterocycles. The molecule has 1 unspecified atom stereocenters. The highest BCUT2D eigenvalue weighted by atomic mass is 32.1. The van der Waals surface area contributed by atoms with Gasteiger partial charge in [-0.05, 0) is 16.1 Å². The molecule has 0 aromatic carbocycles. The number of thiol groups is 1. The lowest BCUT2D eigenvalue weighted by molar-refractivity contribution is -0.140. The summed E-state index contributed by atoms with van der Waals surface area (Å²) in [6.07, 6.45) is -1.55. The Morgan fingerprint density at radius 2 is 2.00 bits per heavy atom. The number of aliphatic carboxylic acids is 2. The highest BCUT2D eigenvalue weighted by Gasteiger charge is 2.31. The Morgan fingerprint density at radius 3 is 2.42 bits per heavy atom. The van der Waals surface area contributed by atoms with Crippen LogP contribution in [-0.2, 0) is 23.7 Å². The number of hydrogen-bond acceptors (Lipinski definition) is 6. The average Bonchev–Trinajstić information content (AvgIpc) is 2.33. The summed E-state index contributed by atoms with van der Waals surface area (Å²) in [7, 11) is -2.40. The monoisotopic (exact) mass is 313 g/mol. The maximum Gasteiger partial charge on any atom is 0.536 e. The molecule has 0 rings (SSSR count). The molecule has 0 radical (unpaired) electrons. The summed E-state index contributed by atoms with van der Waals surface area (Å²) < 4.78 is 16.0. The van der Waals surface area contributed by atoms with Crippen LogP contribution in [0.4, 0.5) is 0 Å². The Balaban J connectivity index is 4.33. The molecule has 0 saturated carbocycles. The first-order chi connectivity index (χ1) is 8.90. The van der Waals surface area contributed by atoms with Gasteiger partial charge in [0.25, 0.3) is 6.47 Å². The van der Waals surface area contributed by atoms with Gasteiger partial charge in [-0.2, -0.15) is 12.6 Å². The Labute approximate surface area is 115 Å². The van der Waals surface area contributed by atoms with Crippen molar-refractivity contribution in [3.8, 4) is 0 Å². The van der Waals surface area contributed by atoms with Crippen molar-refractivity contribution < 1.29 is 33.9 Å². The fourth-order valence-corrected chi connectivity index (χ4v) is 2.33. The van der Waals surface area contributed by atoms with E-state index < -0.39 is 32.3 Å². The van der Waals surface area contributed by atoms with Crippen LogP contribution in [0.2, 0.25) is 0 Å². The second-order valence-corrected chi connectivity index (χ2v) is 4.75. The second-order valence-electron chi connectivity index (χ2n) is 3.28. The van der Waals surface area contributed by atoms with E-state index in [9.17, 15) is 18.9 Å². The Kier molecular flexibility index (Phi) is 9.06. The molecule has 0 fully saturated rings. The average molecular weight is 313 g/mol. The predicted octanol–water partition coefficient (Wildman–Crippen LogP) is -0.430. The van der Waals surface area contributed by atoms with Gasteiger partial charge in [0.05, 0.1) is 0 Å². The van der Waals surface area contributed by atoms with Gasteiger partial charge in [0.2, 0.25) is 6.23 Å². The van der Waals surface area contributed by atoms with E-state index in [0.717, 1.165) is 0 Å². The summed E-state index contributed by atoms with van der Waals surface area (Å²) in [6, 6.07) is -1.29. The van der Waals surface area contributed by atoms with Crippen LogP contribution in [0, 0.1) is 0 Å². The van der Waals surface area contributed by atoms with Gasteiger partial charge in [-0.3, -0.25) is 14.4 Å². The largest absolute Gasteiger partial charge is 0.536 e. The van der Waals surface area contributed by atoms with Crippen LogP contribution < -0.4 is 10.2 Å². The van der Waals surface area contributed by atoms with Crippen LogP contribution in [-0.4, -0.2) is 46.6 Å². The van der Waals surface area contributed by atoms with Crippen LogP contribution in [0.15, 0.2) is 0 Å². The molecule has 19 heavy (non-hydrogen) atoms. The van der Waals surface area contributed by atoms with Crippen LogP contribution in [0.5, 0.6) is 0 Å². The first-order valence-electron chi connectivity index (χ1n) is 5.04. The Morgan fingerprint density at radius 1 is 1.37 bits per heavy atom. The number of carboxylic acid groups (broad SMARTS) is 2. The molecule has 11 heteroatoms. The standard InChI is InChI=1S/C8H13N2O7PS/c11-4-17-6(3-19)10-18(16)9-5(8(14)15)1-2-7(12)13/h4-6H,1-3H2,(H4-,9,10,12,13,14,15,16,19)/p+1/t5-,6+/m0/s1. The van der Waals surface area contributed by atoms with Crippen molar-refractivity contribution in [3.05, 3.63) is 0 Å². The molecule has 0 aliphatic rings. The van der Waals surface area contributed by atoms with Crippen molar-refractivity contribution in [2.24, 2.45) is 0 Å². The topological polar surface area (TPSA) is 142 Å². The minimum absolute atomic E-state index is 0.0361. The van der Waals surface area contributed by atoms with Crippen molar-refractivity contribution in [2.45, 2.75) is 25.1 Å². The molecule has 3 atom stereocenters. The minimum Gasteiger partial charge on any atom is -0.481 e. The molecule has 0 aliphatic heterocycles. The minimum atomic E-state index is -2.40. The van der Waals surface area contributed by atoms with Gasteiger partial charge in [0, 0.05) is 12.2 Å². The molecule has 9 nitrogen and oxygen atoms in total. The lowest BCUT2D eigenvalue weighted by Gasteiger charge is -2.09. The van der Waals surface area contributed by atoms with Crippen molar-refractivity contribution in [2.75, 3.05) is 5.75 Å². The number of carbonyl (C=O) groups excluding carboxylic acids is 1. The highest BCUT2D eigenvalue weighted by molar-refractivity contribution is 7.80. The fourth-order valence-electron chi connectivity index (χ4n) is 1.00. The lowest BCUT2D eigenvalue weighted by atomic mass is 10.2. The quantitative estimate of drug-likeness (QED) is 0.149. The van der Waals surface area contributed by atoms with Crippen molar-refractivity contribution in [1.82, 2.24) is 10.2 Å². The fraction of sp³-hybridized carbons (Fsp3) is 0.625. The molecule has 0 bridgehead atoms. The molecule has 0 amide bonds. The maximum absolute atomic E-state index is 11.5. The van der Waals surface area contributed by atoms with Crippen molar-refractivity contribution in [1.29, 1.82) is 0 Å². The van der Waals surface area contributed by atoms with Crippen LogP contribution in [0.3, 0.4) is 0 Å². The third-order valence-electron chi connectivity index (χ3n) is 1.86. The zero-order valence-electron chi connectivity index (χ0n) is 9.68. The van der Waals surface area contributed by atoms with Crippen LogP contribution in [0.1, 0.15) is 12.8 Å². The summed E-state index contributed by atoms with van der Waals surface area (Å²) in [5, 5.41) is 21.8. The van der Waals surface area contributed by atoms with E-state index in [2.05, 4.69) is 27.5 Å². The van der Waals surface area contributed by atoms with E-state index in [4.69, 9.17) is 10.2 Å². The van der Waals surface area contributed by atoms with Gasteiger partial charge in [-0.1, -0.05) is 5.09 Å². The zero-order valence-corrected chi connectivity index (χ0v) is 11.5. The summed E-state index contributed by atoms with van der Waals surface area (Å²) in [4.78, 5) is 31.3. The van der Waals surface area contributed by atoms with Crippen molar-refractivity contribution >= 4 is 39.1 Å². The molecule has 0 heterocycles. The van der Waals surface area contributed by atoms with E-state index >= 15 is 0 Å². The third kappa shape index (κ3) is 8.49. The van der Waals surface area contributed by atoms with Crippen molar-refractivity contribution in [3.63, 3.8) is 0 Å². The lowest BCUT2D eigenvalue weighted by Crippen LogP contribution is -2.38. The Hall–Kier alpha value is -1.22. The molecular weight excluding hydrogens is 299 g/mol. The predicted molar refractivity (Wildman–Crippen MR) is 67.0 cm³/mol. The SMILES string of the molecule is O=CO[C@H](CS)N[P+](=O)N[C@@H](CCC(=O)O)C(=O)O. The number of nitrogens with one attached hydrogen (secondary N) is 2. The van der Waals surface area contributed by atoms with Crippen LogP contribution in [0.25, 0.3) is 0 Å². The highest BCUT2D eigenvalue weighted by Crippen LogP contribution is 2.14. The van der Waals surface area contributed by atoms with Crippen LogP contribution >= 0.6 is 20.7 Å². The zero-order chi connectivity index (χ0) is 14.8. The summed E-state index contributed by atoms with van der Waals surface area (Å²) in [6.45, 7) is 0.135.